The number of halogens is 1. The molecule has 37 heavy (non-hydrogen) atoms. The molecule has 1 aromatic carbocycles. The van der Waals surface area contributed by atoms with Crippen molar-refractivity contribution in [3.8, 4) is 0 Å². The molecular formula is C32H53BrO4. The zero-order valence-corrected chi connectivity index (χ0v) is 26.5. The Morgan fingerprint density at radius 3 is 1.51 bits per heavy atom. The van der Waals surface area contributed by atoms with Gasteiger partial charge in [0.25, 0.3) is 0 Å². The minimum absolute atomic E-state index is 0.260. The molecule has 1 aromatic rings. The molecule has 4 nitrogen and oxygen atoms in total. The van der Waals surface area contributed by atoms with Gasteiger partial charge in [0.1, 0.15) is 0 Å². The van der Waals surface area contributed by atoms with Crippen molar-refractivity contribution in [1.29, 1.82) is 0 Å². The summed E-state index contributed by atoms with van der Waals surface area (Å²) >= 11 is 3.43. The molecular weight excluding hydrogens is 528 g/mol. The number of hydrogen-bond donors (Lipinski definition) is 0. The SMILES string of the molecule is CCC(CCOC(=O)c1ccc(Br)cc1C(=O)OCCC(CC)CC(C)(CC)CC)CC(C)(CC)CC. The van der Waals surface area contributed by atoms with Crippen molar-refractivity contribution in [1.82, 2.24) is 0 Å². The fourth-order valence-electron chi connectivity index (χ4n) is 5.03. The van der Waals surface area contributed by atoms with E-state index in [1.165, 1.54) is 0 Å². The van der Waals surface area contributed by atoms with Gasteiger partial charge >= 0.3 is 11.9 Å². The van der Waals surface area contributed by atoms with Crippen LogP contribution in [0.25, 0.3) is 0 Å². The molecule has 0 spiro atoms. The molecule has 212 valence electrons. The van der Waals surface area contributed by atoms with Crippen LogP contribution in [0, 0.1) is 22.7 Å². The third-order valence-electron chi connectivity index (χ3n) is 9.07. The summed E-state index contributed by atoms with van der Waals surface area (Å²) in [6.07, 6.45) is 10.7. The molecule has 2 atom stereocenters. The Morgan fingerprint density at radius 2 is 1.14 bits per heavy atom. The summed E-state index contributed by atoms with van der Waals surface area (Å²) < 4.78 is 12.0. The number of hydrogen-bond acceptors (Lipinski definition) is 4. The Morgan fingerprint density at radius 1 is 0.730 bits per heavy atom. The van der Waals surface area contributed by atoms with E-state index in [-0.39, 0.29) is 11.1 Å². The molecule has 0 amide bonds. The van der Waals surface area contributed by atoms with E-state index >= 15 is 0 Å². The van der Waals surface area contributed by atoms with Gasteiger partial charge in [0.15, 0.2) is 0 Å². The Balaban J connectivity index is 2.76. The fraction of sp³-hybridized carbons (Fsp3) is 0.750. The summed E-state index contributed by atoms with van der Waals surface area (Å²) in [5.41, 5.74) is 1.19. The minimum Gasteiger partial charge on any atom is -0.462 e. The molecule has 5 heteroatoms. The Labute approximate surface area is 235 Å². The van der Waals surface area contributed by atoms with Crippen molar-refractivity contribution in [2.45, 2.75) is 120 Å². The van der Waals surface area contributed by atoms with Gasteiger partial charge in [-0.2, -0.15) is 0 Å². The minimum atomic E-state index is -0.468. The Bertz CT molecular complexity index is 826. The van der Waals surface area contributed by atoms with E-state index < -0.39 is 11.9 Å². The summed E-state index contributed by atoms with van der Waals surface area (Å²) in [4.78, 5) is 25.9. The van der Waals surface area contributed by atoms with Crippen molar-refractivity contribution < 1.29 is 19.1 Å². The van der Waals surface area contributed by atoms with Crippen LogP contribution in [0.2, 0.25) is 0 Å². The third kappa shape index (κ3) is 11.1. The van der Waals surface area contributed by atoms with Crippen LogP contribution in [0.1, 0.15) is 140 Å². The van der Waals surface area contributed by atoms with Crippen LogP contribution in [-0.4, -0.2) is 25.2 Å². The highest BCUT2D eigenvalue weighted by molar-refractivity contribution is 9.10. The predicted molar refractivity (Wildman–Crippen MR) is 158 cm³/mol. The average molecular weight is 582 g/mol. The van der Waals surface area contributed by atoms with E-state index in [9.17, 15) is 9.59 Å². The summed E-state index contributed by atoms with van der Waals surface area (Å²) in [7, 11) is 0. The zero-order valence-electron chi connectivity index (χ0n) is 24.9. The predicted octanol–water partition coefficient (Wildman–Crippen LogP) is 10.0. The first kappa shape index (κ1) is 33.7. The van der Waals surface area contributed by atoms with E-state index in [2.05, 4.69) is 71.3 Å². The summed E-state index contributed by atoms with van der Waals surface area (Å²) in [6, 6.07) is 5.07. The maximum absolute atomic E-state index is 13.0. The van der Waals surface area contributed by atoms with Crippen LogP contribution in [0.15, 0.2) is 22.7 Å². The Kier molecular flexibility index (Phi) is 15.1. The van der Waals surface area contributed by atoms with E-state index in [0.29, 0.717) is 35.9 Å². The van der Waals surface area contributed by atoms with Crippen LogP contribution >= 0.6 is 15.9 Å². The molecule has 0 aromatic heterocycles. The highest BCUT2D eigenvalue weighted by atomic mass is 79.9. The molecule has 0 heterocycles. The van der Waals surface area contributed by atoms with Gasteiger partial charge in [-0.3, -0.25) is 0 Å². The lowest BCUT2D eigenvalue weighted by Gasteiger charge is -2.31. The first-order chi connectivity index (χ1) is 17.5. The number of ether oxygens (including phenoxy) is 2. The maximum atomic E-state index is 13.0. The number of esters is 2. The van der Waals surface area contributed by atoms with E-state index in [1.54, 1.807) is 18.2 Å². The molecule has 0 aliphatic carbocycles. The lowest BCUT2D eigenvalue weighted by molar-refractivity contribution is 0.0421. The van der Waals surface area contributed by atoms with Gasteiger partial charge in [-0.05, 0) is 66.5 Å². The summed E-state index contributed by atoms with van der Waals surface area (Å²) in [6.45, 7) is 18.8. The molecule has 1 rings (SSSR count). The largest absolute Gasteiger partial charge is 0.462 e. The highest BCUT2D eigenvalue weighted by Gasteiger charge is 2.26. The molecule has 0 aliphatic rings. The lowest BCUT2D eigenvalue weighted by Crippen LogP contribution is -2.21. The normalized spacial score (nSPS) is 13.8. The van der Waals surface area contributed by atoms with Gasteiger partial charge in [-0.25, -0.2) is 9.59 Å². The van der Waals surface area contributed by atoms with Crippen molar-refractivity contribution in [2.24, 2.45) is 22.7 Å². The first-order valence-corrected chi connectivity index (χ1v) is 15.4. The Hall–Kier alpha value is -1.36. The van der Waals surface area contributed by atoms with E-state index in [0.717, 1.165) is 68.7 Å². The number of carbonyl (C=O) groups is 2. The van der Waals surface area contributed by atoms with Crippen molar-refractivity contribution in [3.63, 3.8) is 0 Å². The average Bonchev–Trinajstić information content (AvgIpc) is 2.91. The second kappa shape index (κ2) is 16.6. The second-order valence-electron chi connectivity index (χ2n) is 11.5. The number of rotatable bonds is 18. The molecule has 0 aliphatic heterocycles. The van der Waals surface area contributed by atoms with Crippen molar-refractivity contribution in [3.05, 3.63) is 33.8 Å². The van der Waals surface area contributed by atoms with E-state index in [4.69, 9.17) is 9.47 Å². The van der Waals surface area contributed by atoms with Crippen LogP contribution < -0.4 is 0 Å². The molecule has 0 saturated heterocycles. The van der Waals surface area contributed by atoms with Crippen molar-refractivity contribution >= 4 is 27.9 Å². The quantitative estimate of drug-likeness (QED) is 0.162. The van der Waals surface area contributed by atoms with Crippen LogP contribution in [0.4, 0.5) is 0 Å². The monoisotopic (exact) mass is 580 g/mol. The number of benzene rings is 1. The lowest BCUT2D eigenvalue weighted by atomic mass is 9.75. The van der Waals surface area contributed by atoms with Gasteiger partial charge in [0, 0.05) is 4.47 Å². The van der Waals surface area contributed by atoms with Gasteiger partial charge in [-0.15, -0.1) is 0 Å². The smallest absolute Gasteiger partial charge is 0.339 e. The summed E-state index contributed by atoms with van der Waals surface area (Å²) in [5, 5.41) is 0. The van der Waals surface area contributed by atoms with Crippen LogP contribution in [-0.2, 0) is 9.47 Å². The zero-order chi connectivity index (χ0) is 28.1. The molecule has 0 fully saturated rings. The molecule has 0 saturated carbocycles. The van der Waals surface area contributed by atoms with Crippen LogP contribution in [0.5, 0.6) is 0 Å². The van der Waals surface area contributed by atoms with Crippen molar-refractivity contribution in [2.75, 3.05) is 13.2 Å². The van der Waals surface area contributed by atoms with Gasteiger partial charge in [0.05, 0.1) is 24.3 Å². The number of carbonyl (C=O) groups excluding carboxylic acids is 2. The topological polar surface area (TPSA) is 52.6 Å². The fourth-order valence-corrected chi connectivity index (χ4v) is 5.39. The molecule has 0 bridgehead atoms. The summed E-state index contributed by atoms with van der Waals surface area (Å²) in [5.74, 6) is 0.0975. The van der Waals surface area contributed by atoms with Gasteiger partial charge in [-0.1, -0.05) is 110 Å². The maximum Gasteiger partial charge on any atom is 0.339 e. The van der Waals surface area contributed by atoms with Gasteiger partial charge < -0.3 is 9.47 Å². The first-order valence-electron chi connectivity index (χ1n) is 14.6. The van der Waals surface area contributed by atoms with Gasteiger partial charge in [0.2, 0.25) is 0 Å². The molecule has 0 radical (unpaired) electrons. The second-order valence-corrected chi connectivity index (χ2v) is 12.4. The molecule has 2 unspecified atom stereocenters. The van der Waals surface area contributed by atoms with Crippen LogP contribution in [0.3, 0.4) is 0 Å². The standard InChI is InChI=1S/C32H53BrO4/c1-9-24(22-31(7,11-3)12-4)17-19-36-29(34)27-16-15-26(33)21-28(27)30(35)37-20-18-25(10-2)23-32(8,13-5)14-6/h15-16,21,24-25H,9-14,17-20,22-23H2,1-8H3. The molecule has 0 N–H and O–H groups in total. The van der Waals surface area contributed by atoms with E-state index in [1.807, 2.05) is 0 Å². The highest BCUT2D eigenvalue weighted by Crippen LogP contribution is 2.36. The third-order valence-corrected chi connectivity index (χ3v) is 9.57.